The zero-order valence-electron chi connectivity index (χ0n) is 32.5. The third-order valence-electron chi connectivity index (χ3n) is 10.8. The molecule has 10 rings (SSSR count). The summed E-state index contributed by atoms with van der Waals surface area (Å²) in [6.07, 6.45) is 16.8. The zero-order chi connectivity index (χ0) is 39.8. The van der Waals surface area contributed by atoms with Crippen LogP contribution in [-0.4, -0.2) is 105 Å². The van der Waals surface area contributed by atoms with Crippen molar-refractivity contribution >= 4 is 40.6 Å². The van der Waals surface area contributed by atoms with Crippen LogP contribution in [0.3, 0.4) is 0 Å². The van der Waals surface area contributed by atoms with Crippen LogP contribution < -0.4 is 20.9 Å². The van der Waals surface area contributed by atoms with E-state index in [1.807, 2.05) is 21.2 Å². The molecule has 3 aliphatic heterocycles. The number of benzene rings is 2. The van der Waals surface area contributed by atoms with Crippen molar-refractivity contribution in [2.45, 2.75) is 44.9 Å². The third-order valence-corrected chi connectivity index (χ3v) is 10.8. The lowest BCUT2D eigenvalue weighted by molar-refractivity contribution is 0.122. The Morgan fingerprint density at radius 2 is 1.10 bits per heavy atom. The van der Waals surface area contributed by atoms with Gasteiger partial charge >= 0.3 is 6.03 Å². The molecule has 3 N–H and O–H groups in total. The molecule has 14 nitrogen and oxygen atoms in total. The lowest BCUT2D eigenvalue weighted by Gasteiger charge is -2.27. The van der Waals surface area contributed by atoms with E-state index in [1.54, 1.807) is 47.6 Å². The minimum atomic E-state index is -0.397. The molecule has 16 heteroatoms. The van der Waals surface area contributed by atoms with Gasteiger partial charge in [-0.2, -0.15) is 0 Å². The number of hydrogen-bond acceptors (Lipinski definition) is 10. The molecule has 0 radical (unpaired) electrons. The Balaban J connectivity index is 0.000000148. The van der Waals surface area contributed by atoms with Gasteiger partial charge in [0.2, 0.25) is 11.6 Å². The van der Waals surface area contributed by atoms with Crippen molar-refractivity contribution in [1.82, 2.24) is 33.6 Å². The number of imidazole rings is 2. The summed E-state index contributed by atoms with van der Waals surface area (Å²) in [6, 6.07) is 12.4. The largest absolute Gasteiger partial charge is 0.399 e. The summed E-state index contributed by atoms with van der Waals surface area (Å²) in [5.41, 5.74) is 8.48. The number of carbonyl (C=O) groups is 1. The van der Waals surface area contributed by atoms with E-state index in [2.05, 4.69) is 35.1 Å². The highest BCUT2D eigenvalue weighted by molar-refractivity contribution is 5.90. The lowest BCUT2D eigenvalue weighted by Crippen LogP contribution is -2.36. The maximum absolute atomic E-state index is 14.6. The predicted molar refractivity (Wildman–Crippen MR) is 220 cm³/mol. The van der Waals surface area contributed by atoms with Crippen LogP contribution in [0, 0.1) is 11.6 Å². The minimum Gasteiger partial charge on any atom is -0.399 e. The summed E-state index contributed by atoms with van der Waals surface area (Å²) >= 11 is 0. The molecule has 7 heterocycles. The summed E-state index contributed by atoms with van der Waals surface area (Å²) < 4.78 is 43.2. The molecule has 0 bridgehead atoms. The van der Waals surface area contributed by atoms with Crippen LogP contribution in [0.4, 0.5) is 36.6 Å². The summed E-state index contributed by atoms with van der Waals surface area (Å²) in [6.45, 7) is 7.50. The number of hydrogen-bond donors (Lipinski definition) is 2. The molecule has 4 aliphatic rings. The topological polar surface area (TPSA) is 144 Å². The van der Waals surface area contributed by atoms with Crippen LogP contribution in [0.15, 0.2) is 73.3 Å². The molecular formula is C42H49F2N11O3. The Morgan fingerprint density at radius 3 is 1.62 bits per heavy atom. The van der Waals surface area contributed by atoms with Gasteiger partial charge in [-0.15, -0.1) is 0 Å². The molecule has 2 amide bonds. The van der Waals surface area contributed by atoms with Crippen LogP contribution in [-0.2, 0) is 9.47 Å². The van der Waals surface area contributed by atoms with Gasteiger partial charge in [0.1, 0.15) is 23.3 Å². The van der Waals surface area contributed by atoms with E-state index in [9.17, 15) is 13.6 Å². The SMILES string of the molecule is C1CCCC1.Nc1ccc(F)c(-c2ccn3c(N4CCOCC4)cnc3n2)c1.O=C(Nc1ccc(F)c(-c2ccn3c(N4CCOCC4)cnc3n2)c1)N1CCCC1. The molecule has 4 fully saturated rings. The number of nitrogen functional groups attached to an aromatic ring is 1. The first kappa shape index (κ1) is 39.0. The number of nitrogens with two attached hydrogens (primary N) is 1. The average molecular weight is 794 g/mol. The van der Waals surface area contributed by atoms with Crippen molar-refractivity contribution in [1.29, 1.82) is 0 Å². The molecule has 4 aromatic heterocycles. The molecule has 58 heavy (non-hydrogen) atoms. The van der Waals surface area contributed by atoms with Crippen LogP contribution in [0.25, 0.3) is 34.1 Å². The van der Waals surface area contributed by atoms with E-state index in [-0.39, 0.29) is 11.8 Å². The molecule has 0 spiro atoms. The quantitative estimate of drug-likeness (QED) is 0.177. The Bertz CT molecular complexity index is 2320. The van der Waals surface area contributed by atoms with E-state index in [0.29, 0.717) is 71.9 Å². The van der Waals surface area contributed by atoms with Gasteiger partial charge in [0, 0.05) is 74.2 Å². The number of morpholine rings is 2. The van der Waals surface area contributed by atoms with Gasteiger partial charge in [-0.3, -0.25) is 8.80 Å². The number of fused-ring (bicyclic) bond motifs is 2. The molecule has 0 unspecified atom stereocenters. The molecule has 304 valence electrons. The third kappa shape index (κ3) is 8.97. The number of amides is 2. The number of anilines is 4. The highest BCUT2D eigenvalue weighted by Crippen LogP contribution is 2.28. The summed E-state index contributed by atoms with van der Waals surface area (Å²) in [5, 5.41) is 2.86. The van der Waals surface area contributed by atoms with Crippen LogP contribution in [0.2, 0.25) is 0 Å². The maximum atomic E-state index is 14.6. The number of carbonyl (C=O) groups excluding carboxylic acids is 1. The Labute approximate surface area is 335 Å². The van der Waals surface area contributed by atoms with Gasteiger partial charge in [-0.05, 0) is 61.4 Å². The van der Waals surface area contributed by atoms with Gasteiger partial charge in [0.25, 0.3) is 0 Å². The molecular weight excluding hydrogens is 745 g/mol. The second-order valence-electron chi connectivity index (χ2n) is 14.7. The molecule has 1 saturated carbocycles. The second kappa shape index (κ2) is 18.2. The van der Waals surface area contributed by atoms with Crippen molar-refractivity contribution in [2.24, 2.45) is 0 Å². The van der Waals surface area contributed by atoms with Crippen LogP contribution in [0.5, 0.6) is 0 Å². The number of rotatable bonds is 5. The highest BCUT2D eigenvalue weighted by Gasteiger charge is 2.21. The monoisotopic (exact) mass is 793 g/mol. The average Bonchev–Trinajstić information content (AvgIpc) is 4.12. The number of halogens is 2. The minimum absolute atomic E-state index is 0.156. The van der Waals surface area contributed by atoms with Crippen molar-refractivity contribution < 1.29 is 23.0 Å². The van der Waals surface area contributed by atoms with E-state index in [1.165, 1.54) is 50.3 Å². The van der Waals surface area contributed by atoms with E-state index >= 15 is 0 Å². The van der Waals surface area contributed by atoms with Crippen LogP contribution in [0.1, 0.15) is 44.9 Å². The van der Waals surface area contributed by atoms with Crippen LogP contribution >= 0.6 is 0 Å². The van der Waals surface area contributed by atoms with Crippen molar-refractivity contribution in [3.8, 4) is 22.5 Å². The van der Waals surface area contributed by atoms with Gasteiger partial charge in [-0.1, -0.05) is 32.1 Å². The summed E-state index contributed by atoms with van der Waals surface area (Å²) in [4.78, 5) is 36.3. The first-order valence-electron chi connectivity index (χ1n) is 20.2. The number of likely N-dealkylation sites (tertiary alicyclic amines) is 1. The fraction of sp³-hybridized carbons (Fsp3) is 0.405. The van der Waals surface area contributed by atoms with Gasteiger partial charge in [-0.25, -0.2) is 33.5 Å². The fourth-order valence-electron chi connectivity index (χ4n) is 7.61. The van der Waals surface area contributed by atoms with Crippen molar-refractivity contribution in [3.05, 3.63) is 85.0 Å². The number of aromatic nitrogens is 6. The summed E-state index contributed by atoms with van der Waals surface area (Å²) in [5.74, 6) is 2.20. The molecule has 3 saturated heterocycles. The number of nitrogens with one attached hydrogen (secondary N) is 1. The second-order valence-corrected chi connectivity index (χ2v) is 14.7. The highest BCUT2D eigenvalue weighted by atomic mass is 19.1. The lowest BCUT2D eigenvalue weighted by atomic mass is 10.1. The standard InChI is InChI=1S/C21H23FN6O2.C16H16FN5O.C5H10/c22-17-4-3-15(24-21(29)27-6-1-2-7-27)13-16(17)18-5-8-28-19(14-23-20(28)25-18)26-9-11-30-12-10-26;17-13-2-1-11(18)9-12(13)14-3-4-22-15(10-19-16(22)20-14)21-5-7-23-8-6-21;1-2-4-5-3-1/h3-5,8,13-14H,1-2,6-7,9-12H2,(H,24,29);1-4,9-10H,5-8,18H2;1-5H2. The number of nitrogens with zero attached hydrogens (tertiary/aromatic N) is 9. The van der Waals surface area contributed by atoms with Crippen molar-refractivity contribution in [3.63, 3.8) is 0 Å². The van der Waals surface area contributed by atoms with Gasteiger partial charge in [0.15, 0.2) is 0 Å². The van der Waals surface area contributed by atoms with Gasteiger partial charge in [0.05, 0.1) is 50.2 Å². The Hall–Kier alpha value is -5.87. The molecule has 2 aromatic carbocycles. The summed E-state index contributed by atoms with van der Waals surface area (Å²) in [7, 11) is 0. The normalized spacial score (nSPS) is 16.9. The van der Waals surface area contributed by atoms with E-state index in [0.717, 1.165) is 63.7 Å². The fourth-order valence-corrected chi connectivity index (χ4v) is 7.61. The molecule has 0 atom stereocenters. The van der Waals surface area contributed by atoms with E-state index < -0.39 is 5.82 Å². The maximum Gasteiger partial charge on any atom is 0.321 e. The van der Waals surface area contributed by atoms with Gasteiger partial charge < -0.3 is 35.2 Å². The molecule has 1 aliphatic carbocycles. The predicted octanol–water partition coefficient (Wildman–Crippen LogP) is 6.90. The first-order chi connectivity index (χ1) is 28.4. The number of urea groups is 1. The zero-order valence-corrected chi connectivity index (χ0v) is 32.5. The van der Waals surface area contributed by atoms with Crippen molar-refractivity contribution in [2.75, 3.05) is 86.5 Å². The number of ether oxygens (including phenoxy) is 2. The molecule has 6 aromatic rings. The van der Waals surface area contributed by atoms with E-state index in [4.69, 9.17) is 15.2 Å². The Morgan fingerprint density at radius 1 is 0.621 bits per heavy atom. The Kier molecular flexibility index (Phi) is 12.2. The first-order valence-corrected chi connectivity index (χ1v) is 20.2. The smallest absolute Gasteiger partial charge is 0.321 e.